The number of aromatic nitrogens is 5. The van der Waals surface area contributed by atoms with Gasteiger partial charge in [0.15, 0.2) is 21.2 Å². The summed E-state index contributed by atoms with van der Waals surface area (Å²) in [5, 5.41) is 13.6. The second-order valence-electron chi connectivity index (χ2n) is 10.1. The summed E-state index contributed by atoms with van der Waals surface area (Å²) in [6, 6.07) is 13.4. The molecule has 0 saturated heterocycles. The number of oxazole rings is 1. The van der Waals surface area contributed by atoms with E-state index in [1.807, 2.05) is 0 Å². The third-order valence-electron chi connectivity index (χ3n) is 7.40. The van der Waals surface area contributed by atoms with Crippen LogP contribution < -0.4 is 5.69 Å². The summed E-state index contributed by atoms with van der Waals surface area (Å²) >= 11 is 0. The Balaban J connectivity index is 1.46. The van der Waals surface area contributed by atoms with Gasteiger partial charge in [-0.3, -0.25) is 0 Å². The van der Waals surface area contributed by atoms with Crippen LogP contribution in [-0.4, -0.2) is 44.7 Å². The molecule has 0 amide bonds. The molecule has 16 heteroatoms. The lowest BCUT2D eigenvalue weighted by Gasteiger charge is -2.19. The maximum Gasteiger partial charge on any atom is 0.458 e. The molecule has 1 saturated carbocycles. The fourth-order valence-corrected chi connectivity index (χ4v) is 5.70. The summed E-state index contributed by atoms with van der Waals surface area (Å²) < 4.78 is 100. The van der Waals surface area contributed by atoms with E-state index in [0.29, 0.717) is 30.7 Å². The molecular weight excluding hydrogens is 611 g/mol. The first-order chi connectivity index (χ1) is 20.7. The van der Waals surface area contributed by atoms with Crippen LogP contribution in [0.15, 0.2) is 75.0 Å². The first kappa shape index (κ1) is 29.2. The summed E-state index contributed by atoms with van der Waals surface area (Å²) in [6.07, 6.45) is -3.25. The Morgan fingerprint density at radius 1 is 1.05 bits per heavy atom. The first-order valence-electron chi connectivity index (χ1n) is 13.0. The zero-order valence-electron chi connectivity index (χ0n) is 22.5. The number of benzene rings is 2. The smallest absolute Gasteiger partial charge is 0.435 e. The topological polar surface area (TPSA) is 137 Å². The van der Waals surface area contributed by atoms with E-state index < -0.39 is 55.7 Å². The van der Waals surface area contributed by atoms with Crippen LogP contribution >= 0.6 is 0 Å². The second-order valence-corrected chi connectivity index (χ2v) is 12.4. The van der Waals surface area contributed by atoms with Gasteiger partial charge >= 0.3 is 17.8 Å². The molecule has 5 aromatic rings. The molecule has 0 spiro atoms. The quantitative estimate of drug-likeness (QED) is 0.223. The van der Waals surface area contributed by atoms with Crippen molar-refractivity contribution in [1.29, 1.82) is 5.26 Å². The van der Waals surface area contributed by atoms with Gasteiger partial charge in [-0.05, 0) is 60.9 Å². The van der Waals surface area contributed by atoms with Gasteiger partial charge < -0.3 is 4.42 Å². The van der Waals surface area contributed by atoms with Crippen LogP contribution in [0.3, 0.4) is 0 Å². The van der Waals surface area contributed by atoms with Crippen LogP contribution in [0, 0.1) is 11.3 Å². The second kappa shape index (κ2) is 9.81. The molecule has 3 heterocycles. The van der Waals surface area contributed by atoms with E-state index in [4.69, 9.17) is 4.42 Å². The molecule has 0 atom stereocenters. The maximum atomic E-state index is 14.0. The number of pyridine rings is 1. The lowest BCUT2D eigenvalue weighted by molar-refractivity contribution is -0.289. The van der Waals surface area contributed by atoms with Gasteiger partial charge in [0, 0.05) is 5.56 Å². The van der Waals surface area contributed by atoms with Crippen molar-refractivity contribution in [3.8, 4) is 29.2 Å². The minimum atomic E-state index is -5.86. The fraction of sp³-hybridized carbons (Fsp3) is 0.250. The first-order valence-corrected chi connectivity index (χ1v) is 14.6. The van der Waals surface area contributed by atoms with Gasteiger partial charge in [-0.25, -0.2) is 27.7 Å². The zero-order chi connectivity index (χ0) is 31.7. The zero-order valence-corrected chi connectivity index (χ0v) is 23.3. The molecular formula is C28H19F5N6O4S. The van der Waals surface area contributed by atoms with Crippen LogP contribution in [0.5, 0.6) is 0 Å². The van der Waals surface area contributed by atoms with E-state index in [-0.39, 0.29) is 22.0 Å². The van der Waals surface area contributed by atoms with E-state index in [0.717, 1.165) is 22.4 Å². The SMILES string of the molecule is CCS(=O)(=O)c1ccc(-n2ncn(-c3cccc(C4(C#N)CC4)c3)c2=O)nc1-c1nc2cc(C(F)(F)C(F)(F)F)ccc2o1. The average Bonchev–Trinajstić information content (AvgIpc) is 3.53. The van der Waals surface area contributed by atoms with E-state index in [2.05, 4.69) is 21.1 Å². The summed E-state index contributed by atoms with van der Waals surface area (Å²) in [5.41, 5.74) is -2.52. The number of rotatable bonds is 7. The molecule has 3 aromatic heterocycles. The Hall–Kier alpha value is -4.91. The van der Waals surface area contributed by atoms with Crippen molar-refractivity contribution in [3.05, 3.63) is 82.5 Å². The highest BCUT2D eigenvalue weighted by Crippen LogP contribution is 2.48. The molecule has 10 nitrogen and oxygen atoms in total. The van der Waals surface area contributed by atoms with Gasteiger partial charge in [0.05, 0.1) is 27.8 Å². The van der Waals surface area contributed by atoms with Gasteiger partial charge in [0.1, 0.15) is 17.5 Å². The summed E-state index contributed by atoms with van der Waals surface area (Å²) in [6.45, 7) is 1.36. The van der Waals surface area contributed by atoms with E-state index in [1.165, 1.54) is 23.9 Å². The highest BCUT2D eigenvalue weighted by atomic mass is 32.2. The number of sulfone groups is 1. The summed E-state index contributed by atoms with van der Waals surface area (Å²) in [4.78, 5) is 21.3. The summed E-state index contributed by atoms with van der Waals surface area (Å²) in [5.74, 6) is -6.20. The summed E-state index contributed by atoms with van der Waals surface area (Å²) in [7, 11) is -4.00. The average molecular weight is 631 g/mol. The van der Waals surface area contributed by atoms with Crippen molar-refractivity contribution in [1.82, 2.24) is 24.3 Å². The number of alkyl halides is 5. The number of fused-ring (bicyclic) bond motifs is 1. The lowest BCUT2D eigenvalue weighted by atomic mass is 9.97. The van der Waals surface area contributed by atoms with Crippen LogP contribution in [-0.2, 0) is 21.2 Å². The predicted molar refractivity (Wildman–Crippen MR) is 144 cm³/mol. The number of hydrogen-bond acceptors (Lipinski definition) is 8. The van der Waals surface area contributed by atoms with Gasteiger partial charge in [0.2, 0.25) is 5.89 Å². The van der Waals surface area contributed by atoms with E-state index in [9.17, 15) is 40.4 Å². The third-order valence-corrected chi connectivity index (χ3v) is 9.15. The number of hydrogen-bond donors (Lipinski definition) is 0. The molecule has 1 fully saturated rings. The molecule has 6 rings (SSSR count). The van der Waals surface area contributed by atoms with Gasteiger partial charge in [-0.15, -0.1) is 0 Å². The Morgan fingerprint density at radius 2 is 1.80 bits per heavy atom. The standard InChI is InChI=1S/C28H19F5N6O4S/c1-2-44(41,42)21-8-9-22(39-25(40)38(15-35-39)18-5-3-4-16(12-18)26(14-34)10-11-26)37-23(21)24-36-19-13-17(6-7-20(19)43-24)27(29,30)28(31,32)33/h3-9,12-13,15H,2,10-11H2,1H3. The van der Waals surface area contributed by atoms with Crippen molar-refractivity contribution >= 4 is 20.9 Å². The lowest BCUT2D eigenvalue weighted by Crippen LogP contribution is -2.33. The molecule has 0 bridgehead atoms. The van der Waals surface area contributed by atoms with Crippen molar-refractivity contribution in [2.45, 2.75) is 42.2 Å². The minimum absolute atomic E-state index is 0.155. The van der Waals surface area contributed by atoms with Crippen molar-refractivity contribution < 1.29 is 34.8 Å². The highest BCUT2D eigenvalue weighted by Gasteiger charge is 2.58. The number of halogens is 5. The third kappa shape index (κ3) is 4.64. The monoisotopic (exact) mass is 630 g/mol. The maximum absolute atomic E-state index is 14.0. The normalized spacial score (nSPS) is 14.9. The number of nitrogens with zero attached hydrogens (tertiary/aromatic N) is 6. The molecule has 226 valence electrons. The van der Waals surface area contributed by atoms with Gasteiger partial charge in [-0.2, -0.15) is 37.0 Å². The minimum Gasteiger partial charge on any atom is -0.435 e. The van der Waals surface area contributed by atoms with Crippen LogP contribution in [0.25, 0.3) is 34.2 Å². The van der Waals surface area contributed by atoms with Gasteiger partial charge in [-0.1, -0.05) is 19.1 Å². The van der Waals surface area contributed by atoms with Crippen LogP contribution in [0.1, 0.15) is 30.9 Å². The van der Waals surface area contributed by atoms with Crippen molar-refractivity contribution in [3.63, 3.8) is 0 Å². The van der Waals surface area contributed by atoms with Crippen LogP contribution in [0.2, 0.25) is 0 Å². The Bertz CT molecular complexity index is 2160. The fourth-order valence-electron chi connectivity index (χ4n) is 4.68. The Labute approximate surface area is 244 Å². The van der Waals surface area contributed by atoms with E-state index >= 15 is 0 Å². The molecule has 2 aromatic carbocycles. The van der Waals surface area contributed by atoms with Crippen molar-refractivity contribution in [2.75, 3.05) is 5.75 Å². The molecule has 0 aliphatic heterocycles. The molecule has 44 heavy (non-hydrogen) atoms. The van der Waals surface area contributed by atoms with Crippen molar-refractivity contribution in [2.24, 2.45) is 0 Å². The molecule has 0 radical (unpaired) electrons. The number of nitriles is 1. The molecule has 0 unspecified atom stereocenters. The largest absolute Gasteiger partial charge is 0.458 e. The molecule has 1 aliphatic rings. The molecule has 1 aliphatic carbocycles. The highest BCUT2D eigenvalue weighted by molar-refractivity contribution is 7.91. The van der Waals surface area contributed by atoms with E-state index in [1.54, 1.807) is 24.3 Å². The Morgan fingerprint density at radius 3 is 2.45 bits per heavy atom. The molecule has 0 N–H and O–H groups in total. The van der Waals surface area contributed by atoms with Gasteiger partial charge in [0.25, 0.3) is 0 Å². The predicted octanol–water partition coefficient (Wildman–Crippen LogP) is 5.23. The Kier molecular flexibility index (Phi) is 6.50. The van der Waals surface area contributed by atoms with Crippen LogP contribution in [0.4, 0.5) is 22.0 Å².